The van der Waals surface area contributed by atoms with Crippen LogP contribution in [0, 0.1) is 11.3 Å². The molecule has 0 bridgehead atoms. The minimum absolute atomic E-state index is 0.0904. The van der Waals surface area contributed by atoms with Crippen molar-refractivity contribution in [1.29, 1.82) is 0 Å². The number of hydrogen-bond acceptors (Lipinski definition) is 4. The van der Waals surface area contributed by atoms with Crippen LogP contribution in [0.4, 0.5) is 5.69 Å². The molecule has 2 aromatic carbocycles. The predicted octanol–water partition coefficient (Wildman–Crippen LogP) is 6.60. The number of nitrogens with zero attached hydrogens (tertiary/aromatic N) is 1. The van der Waals surface area contributed by atoms with E-state index in [-0.39, 0.29) is 17.2 Å². The highest BCUT2D eigenvalue weighted by Gasteiger charge is 2.51. The fourth-order valence-corrected chi connectivity index (χ4v) is 5.95. The number of anilines is 1. The Morgan fingerprint density at radius 3 is 2.30 bits per heavy atom. The third kappa shape index (κ3) is 4.04. The van der Waals surface area contributed by atoms with Gasteiger partial charge in [0.05, 0.1) is 19.7 Å². The summed E-state index contributed by atoms with van der Waals surface area (Å²) in [5.74, 6) is 2.12. The Hall–Kier alpha value is -2.79. The lowest BCUT2D eigenvalue weighted by atomic mass is 9.52. The van der Waals surface area contributed by atoms with Crippen molar-refractivity contribution in [2.75, 3.05) is 19.5 Å². The molecule has 1 heterocycles. The van der Waals surface area contributed by atoms with Gasteiger partial charge in [-0.1, -0.05) is 11.6 Å². The van der Waals surface area contributed by atoms with Crippen LogP contribution in [0.15, 0.2) is 48.7 Å². The molecule has 172 valence electrons. The average molecular weight is 465 g/mol. The first-order valence-corrected chi connectivity index (χ1v) is 12.0. The van der Waals surface area contributed by atoms with Gasteiger partial charge in [-0.05, 0) is 91.8 Å². The normalized spacial score (nSPS) is 24.3. The van der Waals surface area contributed by atoms with Gasteiger partial charge in [0.25, 0.3) is 0 Å². The minimum atomic E-state index is 0.0904. The topological polar surface area (TPSA) is 60.5 Å². The van der Waals surface area contributed by atoms with E-state index in [2.05, 4.69) is 16.4 Å². The van der Waals surface area contributed by atoms with Gasteiger partial charge in [-0.2, -0.15) is 0 Å². The van der Waals surface area contributed by atoms with E-state index < -0.39 is 0 Å². The monoisotopic (exact) mass is 464 g/mol. The number of benzene rings is 2. The van der Waals surface area contributed by atoms with E-state index in [9.17, 15) is 4.79 Å². The highest BCUT2D eigenvalue weighted by Crippen LogP contribution is 2.58. The molecule has 3 aromatic rings. The van der Waals surface area contributed by atoms with E-state index in [0.717, 1.165) is 60.9 Å². The maximum absolute atomic E-state index is 13.0. The first-order valence-electron chi connectivity index (χ1n) is 11.6. The van der Waals surface area contributed by atoms with Crippen molar-refractivity contribution < 1.29 is 14.3 Å². The highest BCUT2D eigenvalue weighted by molar-refractivity contribution is 6.30. The summed E-state index contributed by atoms with van der Waals surface area (Å²) in [7, 11) is 3.31. The van der Waals surface area contributed by atoms with Crippen molar-refractivity contribution in [2.45, 2.75) is 44.4 Å². The van der Waals surface area contributed by atoms with Gasteiger partial charge in [0, 0.05) is 34.3 Å². The highest BCUT2D eigenvalue weighted by atomic mass is 35.5. The Labute approximate surface area is 199 Å². The lowest BCUT2D eigenvalue weighted by Gasteiger charge is -2.52. The average Bonchev–Trinajstić information content (AvgIpc) is 2.83. The Balaban J connectivity index is 1.31. The molecule has 0 saturated heterocycles. The molecule has 5 nitrogen and oxygen atoms in total. The summed E-state index contributed by atoms with van der Waals surface area (Å²) in [4.78, 5) is 17.6. The zero-order valence-electron chi connectivity index (χ0n) is 19.1. The van der Waals surface area contributed by atoms with Gasteiger partial charge in [-0.15, -0.1) is 0 Å². The second-order valence-electron chi connectivity index (χ2n) is 9.35. The van der Waals surface area contributed by atoms with Crippen LogP contribution in [0.25, 0.3) is 10.9 Å². The van der Waals surface area contributed by atoms with Crippen molar-refractivity contribution in [1.82, 2.24) is 4.98 Å². The largest absolute Gasteiger partial charge is 0.493 e. The first-order chi connectivity index (χ1) is 16.0. The fourth-order valence-electron chi connectivity index (χ4n) is 5.82. The van der Waals surface area contributed by atoms with Crippen molar-refractivity contribution in [3.8, 4) is 11.5 Å². The molecule has 6 heteroatoms. The maximum atomic E-state index is 13.0. The number of halogens is 1. The zero-order valence-corrected chi connectivity index (χ0v) is 19.8. The third-order valence-corrected chi connectivity index (χ3v) is 8.05. The molecule has 5 rings (SSSR count). The van der Waals surface area contributed by atoms with E-state index in [1.54, 1.807) is 14.2 Å². The van der Waals surface area contributed by atoms with Crippen LogP contribution in [0.3, 0.4) is 0 Å². The van der Waals surface area contributed by atoms with Crippen LogP contribution in [-0.4, -0.2) is 25.1 Å². The van der Waals surface area contributed by atoms with Gasteiger partial charge >= 0.3 is 0 Å². The Morgan fingerprint density at radius 1 is 1.00 bits per heavy atom. The smallest absolute Gasteiger partial charge is 0.228 e. The summed E-state index contributed by atoms with van der Waals surface area (Å²) in [5.41, 5.74) is 3.19. The van der Waals surface area contributed by atoms with Crippen molar-refractivity contribution in [3.63, 3.8) is 0 Å². The molecule has 1 N–H and O–H groups in total. The number of nitrogens with one attached hydrogen (secondary N) is 1. The number of methoxy groups -OCH3 is 2. The molecule has 0 radical (unpaired) electrons. The number of aromatic nitrogens is 1. The summed E-state index contributed by atoms with van der Waals surface area (Å²) >= 11 is 5.97. The molecule has 2 aliphatic carbocycles. The first kappa shape index (κ1) is 22.0. The van der Waals surface area contributed by atoms with E-state index in [1.165, 1.54) is 5.56 Å². The quantitative estimate of drug-likeness (QED) is 0.462. The Kier molecular flexibility index (Phi) is 5.92. The summed E-state index contributed by atoms with van der Waals surface area (Å²) in [5, 5.41) is 4.90. The van der Waals surface area contributed by atoms with E-state index in [4.69, 9.17) is 21.1 Å². The SMILES string of the molecule is COc1cc2nccc(C3CCC4(CC3)CC[C@@H]4C(=O)Nc3ccc(Cl)cc3)c2cc1OC. The van der Waals surface area contributed by atoms with Crippen molar-refractivity contribution >= 4 is 34.1 Å². The molecule has 2 saturated carbocycles. The van der Waals surface area contributed by atoms with Crippen LogP contribution >= 0.6 is 11.6 Å². The van der Waals surface area contributed by atoms with Crippen LogP contribution in [0.5, 0.6) is 11.5 Å². The van der Waals surface area contributed by atoms with E-state index >= 15 is 0 Å². The standard InChI is InChI=1S/C27H29ClN2O3/c1-32-24-15-21-20(10-14-29-23(21)16-25(24)33-2)17-7-11-27(12-8-17)13-9-22(27)26(31)30-19-5-3-18(28)4-6-19/h3-6,10,14-17,22H,7-9,11-13H2,1-2H3,(H,30,31)/t17?,22-,27?/m1/s1. The van der Waals surface area contributed by atoms with Gasteiger partial charge < -0.3 is 14.8 Å². The van der Waals surface area contributed by atoms with Crippen LogP contribution in [0.2, 0.25) is 5.02 Å². The second-order valence-corrected chi connectivity index (χ2v) is 9.79. The molecule has 0 unspecified atom stereocenters. The molecule has 1 amide bonds. The van der Waals surface area contributed by atoms with Crippen LogP contribution in [-0.2, 0) is 4.79 Å². The Bertz CT molecular complexity index is 1170. The van der Waals surface area contributed by atoms with Gasteiger partial charge in [-0.3, -0.25) is 9.78 Å². The number of fused-ring (bicyclic) bond motifs is 1. The molecular weight excluding hydrogens is 436 g/mol. The summed E-state index contributed by atoms with van der Waals surface area (Å²) in [6.07, 6.45) is 8.32. The number of hydrogen-bond donors (Lipinski definition) is 1. The van der Waals surface area contributed by atoms with Crippen molar-refractivity contribution in [3.05, 3.63) is 59.2 Å². The van der Waals surface area contributed by atoms with Crippen LogP contribution in [0.1, 0.15) is 50.0 Å². The number of ether oxygens (including phenoxy) is 2. The number of carbonyl (C=O) groups excluding carboxylic acids is 1. The second kappa shape index (κ2) is 8.86. The lowest BCUT2D eigenvalue weighted by molar-refractivity contribution is -0.133. The maximum Gasteiger partial charge on any atom is 0.228 e. The summed E-state index contributed by atoms with van der Waals surface area (Å²) < 4.78 is 11.0. The van der Waals surface area contributed by atoms with Gasteiger partial charge in [0.15, 0.2) is 11.5 Å². The third-order valence-electron chi connectivity index (χ3n) is 7.80. The molecule has 2 fully saturated rings. The molecule has 1 atom stereocenters. The predicted molar refractivity (Wildman–Crippen MR) is 131 cm³/mol. The van der Waals surface area contributed by atoms with E-state index in [0.29, 0.717) is 16.7 Å². The van der Waals surface area contributed by atoms with Crippen molar-refractivity contribution in [2.24, 2.45) is 11.3 Å². The molecule has 1 spiro atoms. The zero-order chi connectivity index (χ0) is 23.0. The van der Waals surface area contributed by atoms with Gasteiger partial charge in [0.1, 0.15) is 0 Å². The summed E-state index contributed by atoms with van der Waals surface area (Å²) in [6.45, 7) is 0. The lowest BCUT2D eigenvalue weighted by Crippen LogP contribution is -2.48. The summed E-state index contributed by atoms with van der Waals surface area (Å²) in [6, 6.07) is 13.5. The van der Waals surface area contributed by atoms with Gasteiger partial charge in [0.2, 0.25) is 5.91 Å². The number of amides is 1. The minimum Gasteiger partial charge on any atom is -0.493 e. The fraction of sp³-hybridized carbons (Fsp3) is 0.407. The van der Waals surface area contributed by atoms with Gasteiger partial charge in [-0.25, -0.2) is 0 Å². The number of pyridine rings is 1. The number of carbonyl (C=O) groups is 1. The molecular formula is C27H29ClN2O3. The molecule has 33 heavy (non-hydrogen) atoms. The van der Waals surface area contributed by atoms with Crippen LogP contribution < -0.4 is 14.8 Å². The van der Waals surface area contributed by atoms with E-state index in [1.807, 2.05) is 42.6 Å². The molecule has 0 aliphatic heterocycles. The number of rotatable bonds is 5. The molecule has 1 aromatic heterocycles. The molecule has 2 aliphatic rings. The Morgan fingerprint density at radius 2 is 1.67 bits per heavy atom.